The van der Waals surface area contributed by atoms with Gasteiger partial charge in [-0.2, -0.15) is 16.4 Å². The Balaban J connectivity index is 1.74. The second kappa shape index (κ2) is 7.30. The van der Waals surface area contributed by atoms with Gasteiger partial charge in [-0.15, -0.1) is 0 Å². The molecule has 1 amide bonds. The molecule has 0 radical (unpaired) electrons. The topological polar surface area (TPSA) is 62.7 Å². The first-order chi connectivity index (χ1) is 9.78. The minimum Gasteiger partial charge on any atom is -0.497 e. The van der Waals surface area contributed by atoms with E-state index in [1.807, 2.05) is 41.1 Å². The highest BCUT2D eigenvalue weighted by molar-refractivity contribution is 7.08. The summed E-state index contributed by atoms with van der Waals surface area (Å²) in [5, 5.41) is 10.8. The Morgan fingerprint density at radius 1 is 1.35 bits per heavy atom. The molecule has 5 nitrogen and oxygen atoms in total. The zero-order valence-electron chi connectivity index (χ0n) is 11.0. The van der Waals surface area contributed by atoms with Crippen LogP contribution in [-0.2, 0) is 4.79 Å². The van der Waals surface area contributed by atoms with Gasteiger partial charge in [0.1, 0.15) is 5.75 Å². The zero-order valence-corrected chi connectivity index (χ0v) is 11.8. The zero-order chi connectivity index (χ0) is 14.2. The maximum Gasteiger partial charge on any atom is 0.259 e. The lowest BCUT2D eigenvalue weighted by molar-refractivity contribution is -0.119. The molecule has 0 fully saturated rings. The van der Waals surface area contributed by atoms with Gasteiger partial charge in [0.05, 0.1) is 19.9 Å². The molecule has 0 unspecified atom stereocenters. The summed E-state index contributed by atoms with van der Waals surface area (Å²) < 4.78 is 5.06. The number of methoxy groups -OCH3 is 1. The quantitative estimate of drug-likeness (QED) is 0.633. The van der Waals surface area contributed by atoms with E-state index in [0.29, 0.717) is 0 Å². The summed E-state index contributed by atoms with van der Waals surface area (Å²) in [4.78, 5) is 11.6. The van der Waals surface area contributed by atoms with Crippen LogP contribution in [0, 0.1) is 0 Å². The smallest absolute Gasteiger partial charge is 0.259 e. The number of rotatable bonds is 6. The van der Waals surface area contributed by atoms with Crippen molar-refractivity contribution in [2.24, 2.45) is 5.10 Å². The van der Waals surface area contributed by atoms with Crippen molar-refractivity contribution in [1.82, 2.24) is 5.43 Å². The molecule has 20 heavy (non-hydrogen) atoms. The van der Waals surface area contributed by atoms with Gasteiger partial charge in [0.25, 0.3) is 5.91 Å². The van der Waals surface area contributed by atoms with Gasteiger partial charge < -0.3 is 10.1 Å². The van der Waals surface area contributed by atoms with E-state index < -0.39 is 0 Å². The molecular weight excluding hydrogens is 274 g/mol. The largest absolute Gasteiger partial charge is 0.497 e. The number of thiophene rings is 1. The predicted octanol–water partition coefficient (Wildman–Crippen LogP) is 2.32. The fourth-order valence-corrected chi connectivity index (χ4v) is 2.07. The molecule has 0 spiro atoms. The van der Waals surface area contributed by atoms with E-state index in [-0.39, 0.29) is 12.5 Å². The number of benzene rings is 1. The third-order valence-electron chi connectivity index (χ3n) is 2.49. The van der Waals surface area contributed by atoms with E-state index in [9.17, 15) is 4.79 Å². The number of nitrogens with zero attached hydrogens (tertiary/aromatic N) is 1. The average Bonchev–Trinajstić information content (AvgIpc) is 2.99. The molecule has 1 heterocycles. The lowest BCUT2D eigenvalue weighted by Gasteiger charge is -2.06. The summed E-state index contributed by atoms with van der Waals surface area (Å²) in [6, 6.07) is 9.28. The Bertz CT molecular complexity index is 565. The standard InChI is InChI=1S/C14H15N3O2S/c1-19-13-4-2-12(3-5-13)15-9-14(18)17-16-8-11-6-7-20-10-11/h2-8,10,15H,9H2,1H3,(H,17,18)/b16-8-. The molecule has 0 saturated heterocycles. The maximum absolute atomic E-state index is 11.6. The summed E-state index contributed by atoms with van der Waals surface area (Å²) in [7, 11) is 1.61. The van der Waals surface area contributed by atoms with Crippen LogP contribution in [0.25, 0.3) is 0 Å². The van der Waals surface area contributed by atoms with Gasteiger partial charge in [-0.25, -0.2) is 5.43 Å². The van der Waals surface area contributed by atoms with E-state index >= 15 is 0 Å². The number of anilines is 1. The molecule has 0 aliphatic carbocycles. The minimum absolute atomic E-state index is 0.160. The van der Waals surface area contributed by atoms with Gasteiger partial charge in [0, 0.05) is 11.3 Å². The van der Waals surface area contributed by atoms with Crippen LogP contribution in [0.15, 0.2) is 46.2 Å². The van der Waals surface area contributed by atoms with Crippen LogP contribution in [0.3, 0.4) is 0 Å². The first-order valence-corrected chi connectivity index (χ1v) is 6.94. The first-order valence-electron chi connectivity index (χ1n) is 6.00. The van der Waals surface area contributed by atoms with Crippen LogP contribution in [0.5, 0.6) is 5.75 Å². The molecular formula is C14H15N3O2S. The molecule has 0 aliphatic rings. The van der Waals surface area contributed by atoms with Crippen LogP contribution in [0.1, 0.15) is 5.56 Å². The van der Waals surface area contributed by atoms with E-state index in [2.05, 4.69) is 15.8 Å². The minimum atomic E-state index is -0.202. The normalized spacial score (nSPS) is 10.4. The molecule has 104 valence electrons. The molecule has 1 aromatic carbocycles. The van der Waals surface area contributed by atoms with Crippen molar-refractivity contribution in [2.75, 3.05) is 19.0 Å². The molecule has 1 aromatic heterocycles. The van der Waals surface area contributed by atoms with Crippen LogP contribution >= 0.6 is 11.3 Å². The lowest BCUT2D eigenvalue weighted by atomic mass is 10.3. The number of hydrazone groups is 1. The number of carbonyl (C=O) groups is 1. The monoisotopic (exact) mass is 289 g/mol. The van der Waals surface area contributed by atoms with E-state index in [0.717, 1.165) is 17.0 Å². The second-order valence-electron chi connectivity index (χ2n) is 3.93. The van der Waals surface area contributed by atoms with Crippen molar-refractivity contribution in [2.45, 2.75) is 0 Å². The number of carbonyl (C=O) groups excluding carboxylic acids is 1. The maximum atomic E-state index is 11.6. The number of hydrogen-bond donors (Lipinski definition) is 2. The summed E-state index contributed by atoms with van der Waals surface area (Å²) in [6.45, 7) is 0.160. The lowest BCUT2D eigenvalue weighted by Crippen LogP contribution is -2.25. The predicted molar refractivity (Wildman–Crippen MR) is 81.5 cm³/mol. The molecule has 2 N–H and O–H groups in total. The molecule has 0 aliphatic heterocycles. The van der Waals surface area contributed by atoms with E-state index in [4.69, 9.17) is 4.74 Å². The van der Waals surface area contributed by atoms with Crippen molar-refractivity contribution < 1.29 is 9.53 Å². The number of hydrogen-bond acceptors (Lipinski definition) is 5. The highest BCUT2D eigenvalue weighted by Crippen LogP contribution is 2.14. The number of amides is 1. The van der Waals surface area contributed by atoms with Crippen molar-refractivity contribution in [3.63, 3.8) is 0 Å². The third kappa shape index (κ3) is 4.40. The molecule has 0 saturated carbocycles. The van der Waals surface area contributed by atoms with Gasteiger partial charge in [-0.3, -0.25) is 4.79 Å². The van der Waals surface area contributed by atoms with E-state index in [1.54, 1.807) is 24.7 Å². The van der Waals surface area contributed by atoms with Crippen LogP contribution in [-0.4, -0.2) is 25.8 Å². The highest BCUT2D eigenvalue weighted by Gasteiger charge is 1.99. The van der Waals surface area contributed by atoms with Crippen molar-refractivity contribution >= 4 is 29.1 Å². The summed E-state index contributed by atoms with van der Waals surface area (Å²) in [5.74, 6) is 0.577. The fourth-order valence-electron chi connectivity index (χ4n) is 1.46. The summed E-state index contributed by atoms with van der Waals surface area (Å²) in [5.41, 5.74) is 4.28. The van der Waals surface area contributed by atoms with Crippen molar-refractivity contribution in [3.05, 3.63) is 46.7 Å². The SMILES string of the molecule is COc1ccc(NCC(=O)N/N=C\c2ccsc2)cc1. The fraction of sp³-hybridized carbons (Fsp3) is 0.143. The molecule has 2 rings (SSSR count). The average molecular weight is 289 g/mol. The molecule has 0 atom stereocenters. The Morgan fingerprint density at radius 2 is 2.15 bits per heavy atom. The molecule has 2 aromatic rings. The Labute approximate surface area is 121 Å². The molecule has 6 heteroatoms. The van der Waals surface area contributed by atoms with Crippen molar-refractivity contribution in [1.29, 1.82) is 0 Å². The van der Waals surface area contributed by atoms with Crippen molar-refractivity contribution in [3.8, 4) is 5.75 Å². The van der Waals surface area contributed by atoms with Crippen LogP contribution < -0.4 is 15.5 Å². The third-order valence-corrected chi connectivity index (χ3v) is 3.19. The van der Waals surface area contributed by atoms with E-state index in [1.165, 1.54) is 0 Å². The van der Waals surface area contributed by atoms with Gasteiger partial charge in [-0.1, -0.05) is 0 Å². The Hall–Kier alpha value is -2.34. The van der Waals surface area contributed by atoms with Gasteiger partial charge in [-0.05, 0) is 41.1 Å². The van der Waals surface area contributed by atoms with Gasteiger partial charge >= 0.3 is 0 Å². The summed E-state index contributed by atoms with van der Waals surface area (Å²) >= 11 is 1.58. The van der Waals surface area contributed by atoms with Crippen LogP contribution in [0.2, 0.25) is 0 Å². The van der Waals surface area contributed by atoms with Gasteiger partial charge in [0.2, 0.25) is 0 Å². The summed E-state index contributed by atoms with van der Waals surface area (Å²) in [6.07, 6.45) is 1.61. The Morgan fingerprint density at radius 3 is 2.80 bits per heavy atom. The van der Waals surface area contributed by atoms with Gasteiger partial charge in [0.15, 0.2) is 0 Å². The highest BCUT2D eigenvalue weighted by atomic mass is 32.1. The van der Waals surface area contributed by atoms with Crippen LogP contribution in [0.4, 0.5) is 5.69 Å². The number of ether oxygens (including phenoxy) is 1. The Kier molecular flexibility index (Phi) is 5.14. The number of nitrogens with one attached hydrogen (secondary N) is 2. The second-order valence-corrected chi connectivity index (χ2v) is 4.71. The first kappa shape index (κ1) is 14.1. The molecule has 0 bridgehead atoms.